The molecule has 0 aliphatic carbocycles. The molecular weight excluding hydrogens is 448 g/mol. The molecule has 2 rings (SSSR count). The van der Waals surface area contributed by atoms with E-state index in [1.807, 2.05) is 0 Å². The normalized spacial score (nSPS) is 10.8. The van der Waals surface area contributed by atoms with Crippen molar-refractivity contribution in [1.29, 1.82) is 0 Å². The molecule has 0 aliphatic rings. The van der Waals surface area contributed by atoms with Crippen LogP contribution in [0.1, 0.15) is 13.8 Å². The molecule has 0 atom stereocenters. The van der Waals surface area contributed by atoms with Gasteiger partial charge in [-0.15, -0.1) is 20.4 Å². The number of nitrogens with zero attached hydrogens (tertiary/aromatic N) is 4. The molecule has 27 heavy (non-hydrogen) atoms. The van der Waals surface area contributed by atoms with Crippen LogP contribution in [0.15, 0.2) is 8.68 Å². The van der Waals surface area contributed by atoms with Gasteiger partial charge in [0.05, 0.1) is 0 Å². The van der Waals surface area contributed by atoms with Gasteiger partial charge in [-0.1, -0.05) is 22.7 Å². The predicted molar refractivity (Wildman–Crippen MR) is 94.8 cm³/mol. The van der Waals surface area contributed by atoms with E-state index in [1.54, 1.807) is 0 Å². The van der Waals surface area contributed by atoms with Gasteiger partial charge in [-0.05, 0) is 0 Å². The molecule has 0 aliphatic heterocycles. The monoisotopic (exact) mass is 462 g/mol. The van der Waals surface area contributed by atoms with E-state index in [4.69, 9.17) is 10.3 Å². The molecule has 0 fully saturated rings. The van der Waals surface area contributed by atoms with E-state index in [2.05, 4.69) is 31.0 Å². The molecule has 2 amide bonds. The lowest BCUT2D eigenvalue weighted by atomic mass is 10.7. The van der Waals surface area contributed by atoms with Crippen molar-refractivity contribution >= 4 is 64.8 Å². The Morgan fingerprint density at radius 2 is 1.07 bits per heavy atom. The Morgan fingerprint density at radius 1 is 0.778 bits per heavy atom. The van der Waals surface area contributed by atoms with Gasteiger partial charge in [-0.2, -0.15) is 0 Å². The van der Waals surface area contributed by atoms with Crippen LogP contribution in [0.25, 0.3) is 0 Å². The van der Waals surface area contributed by atoms with Crippen molar-refractivity contribution in [3.05, 3.63) is 0 Å². The fourth-order valence-electron chi connectivity index (χ4n) is 1.05. The van der Waals surface area contributed by atoms with E-state index >= 15 is 0 Å². The van der Waals surface area contributed by atoms with Crippen molar-refractivity contribution in [2.24, 2.45) is 10.3 Å². The number of hydrogen-bond acceptors (Lipinski definition) is 12. The molecule has 8 N–H and O–H groups in total. The number of aromatic nitrogens is 4. The van der Waals surface area contributed by atoms with Gasteiger partial charge in [0.15, 0.2) is 0 Å². The number of nitrogens with one attached hydrogen (secondary N) is 2. The van der Waals surface area contributed by atoms with E-state index in [0.717, 1.165) is 0 Å². The van der Waals surface area contributed by atoms with Crippen LogP contribution in [0.2, 0.25) is 0 Å². The smallest absolute Gasteiger partial charge is 0.267 e. The van der Waals surface area contributed by atoms with Crippen molar-refractivity contribution in [1.82, 2.24) is 20.4 Å². The second kappa shape index (κ2) is 9.68. The van der Waals surface area contributed by atoms with Crippen molar-refractivity contribution in [2.45, 2.75) is 22.5 Å². The molecule has 2 heterocycles. The summed E-state index contributed by atoms with van der Waals surface area (Å²) in [5.74, 6) is -0.700. The first-order valence-electron chi connectivity index (χ1n) is 6.07. The molecule has 0 aromatic carbocycles. The van der Waals surface area contributed by atoms with Crippen molar-refractivity contribution < 1.29 is 31.9 Å². The minimum atomic E-state index is -3.82. The summed E-state index contributed by atoms with van der Waals surface area (Å²) in [7, 11) is -7.65. The molecular formula is C8H14N8O7S4. The quantitative estimate of drug-likeness (QED) is 0.346. The highest BCUT2D eigenvalue weighted by molar-refractivity contribution is 7.91. The maximum absolute atomic E-state index is 10.7. The third-order valence-corrected chi connectivity index (χ3v) is 6.16. The number of anilines is 2. The highest BCUT2D eigenvalue weighted by Gasteiger charge is 2.16. The Morgan fingerprint density at radius 3 is 1.26 bits per heavy atom. The first-order chi connectivity index (χ1) is 11.8. The lowest BCUT2D eigenvalue weighted by molar-refractivity contribution is -0.115. The van der Waals surface area contributed by atoms with Crippen LogP contribution >= 0.6 is 22.7 Å². The minimum absolute atomic E-state index is 0. The molecule has 19 heteroatoms. The van der Waals surface area contributed by atoms with Gasteiger partial charge in [-0.25, -0.2) is 27.1 Å². The third kappa shape index (κ3) is 8.85. The molecule has 0 unspecified atom stereocenters. The van der Waals surface area contributed by atoms with Gasteiger partial charge in [0.1, 0.15) is 0 Å². The number of carbonyl (C=O) groups excluding carboxylic acids is 2. The van der Waals surface area contributed by atoms with Gasteiger partial charge in [-0.3, -0.25) is 9.59 Å². The molecule has 0 spiro atoms. The Balaban J connectivity index is 0.000000483. The summed E-state index contributed by atoms with van der Waals surface area (Å²) in [6, 6.07) is 0. The summed E-state index contributed by atoms with van der Waals surface area (Å²) in [6.45, 7) is 2.55. The van der Waals surface area contributed by atoms with E-state index in [9.17, 15) is 26.4 Å². The summed E-state index contributed by atoms with van der Waals surface area (Å²) in [5, 5.41) is 27.7. The molecule has 0 saturated heterocycles. The minimum Gasteiger partial charge on any atom is -0.412 e. The topological polar surface area (TPSA) is 262 Å². The van der Waals surface area contributed by atoms with Crippen molar-refractivity contribution in [3.63, 3.8) is 0 Å². The van der Waals surface area contributed by atoms with Gasteiger partial charge in [0, 0.05) is 13.8 Å². The van der Waals surface area contributed by atoms with E-state index in [-0.39, 0.29) is 36.2 Å². The van der Waals surface area contributed by atoms with Gasteiger partial charge in [0.25, 0.3) is 20.0 Å². The third-order valence-electron chi connectivity index (χ3n) is 1.87. The zero-order chi connectivity index (χ0) is 20.1. The maximum Gasteiger partial charge on any atom is 0.267 e. The van der Waals surface area contributed by atoms with E-state index in [0.29, 0.717) is 22.7 Å². The van der Waals surface area contributed by atoms with E-state index < -0.39 is 20.0 Å². The number of primary sulfonamides is 2. The second-order valence-corrected chi connectivity index (χ2v) is 9.62. The zero-order valence-electron chi connectivity index (χ0n) is 13.5. The molecule has 0 radical (unpaired) electrons. The van der Waals surface area contributed by atoms with Gasteiger partial charge in [0.2, 0.25) is 30.8 Å². The number of hydrogen-bond donors (Lipinski definition) is 4. The van der Waals surface area contributed by atoms with E-state index in [1.165, 1.54) is 13.8 Å². The Hall–Kier alpha value is -2.16. The fraction of sp³-hybridized carbons (Fsp3) is 0.250. The molecule has 0 bridgehead atoms. The number of nitrogens with two attached hydrogens (primary N) is 2. The zero-order valence-corrected chi connectivity index (χ0v) is 16.8. The second-order valence-electron chi connectivity index (χ2n) is 4.20. The van der Waals surface area contributed by atoms with Crippen LogP contribution in [-0.2, 0) is 29.6 Å². The molecule has 2 aromatic rings. The highest BCUT2D eigenvalue weighted by Crippen LogP contribution is 2.18. The van der Waals surface area contributed by atoms with Crippen molar-refractivity contribution in [3.8, 4) is 0 Å². The first-order valence-corrected chi connectivity index (χ1v) is 10.8. The number of sulfonamides is 2. The van der Waals surface area contributed by atoms with Crippen LogP contribution in [0, 0.1) is 0 Å². The van der Waals surface area contributed by atoms with Crippen LogP contribution < -0.4 is 20.9 Å². The number of amides is 2. The van der Waals surface area contributed by atoms with Crippen molar-refractivity contribution in [2.75, 3.05) is 10.6 Å². The van der Waals surface area contributed by atoms with Crippen LogP contribution in [0.3, 0.4) is 0 Å². The predicted octanol–water partition coefficient (Wildman–Crippen LogP) is -2.54. The molecule has 0 saturated carbocycles. The summed E-state index contributed by atoms with van der Waals surface area (Å²) in [4.78, 5) is 21.0. The van der Waals surface area contributed by atoms with Gasteiger partial charge < -0.3 is 16.1 Å². The Kier molecular flexibility index (Phi) is 8.91. The standard InChI is InChI=1S/2C4H6N4O3S2.H2O/c2*1-2(9)6-3-7-8-4(12-3)13(5,10)11;/h2*1H3,(H2,5,10,11)(H,6,7,9);1H2. The average molecular weight is 463 g/mol. The largest absolute Gasteiger partial charge is 0.412 e. The molecule has 152 valence electrons. The molecule has 2 aromatic heterocycles. The molecule has 15 nitrogen and oxygen atoms in total. The maximum atomic E-state index is 10.7. The Labute approximate surface area is 160 Å². The Bertz CT molecular complexity index is 929. The lowest BCUT2D eigenvalue weighted by Gasteiger charge is -1.90. The fourth-order valence-corrected chi connectivity index (χ4v) is 3.81. The summed E-state index contributed by atoms with van der Waals surface area (Å²) < 4.78 is 42.2. The average Bonchev–Trinajstić information content (AvgIpc) is 3.06. The van der Waals surface area contributed by atoms with Gasteiger partial charge >= 0.3 is 0 Å². The first kappa shape index (κ1) is 24.8. The summed E-state index contributed by atoms with van der Waals surface area (Å²) in [5.41, 5.74) is 0. The summed E-state index contributed by atoms with van der Waals surface area (Å²) >= 11 is 1.40. The number of rotatable bonds is 4. The number of carbonyl (C=O) groups is 2. The van der Waals surface area contributed by atoms with Crippen LogP contribution in [0.5, 0.6) is 0 Å². The lowest BCUT2D eigenvalue weighted by Crippen LogP contribution is -2.11. The SMILES string of the molecule is CC(=O)Nc1nnc(S(N)(=O)=O)s1.CC(=O)Nc1nnc(S(N)(=O)=O)s1.O. The highest BCUT2D eigenvalue weighted by atomic mass is 32.3. The van der Waals surface area contributed by atoms with Crippen LogP contribution in [-0.4, -0.2) is 54.5 Å². The van der Waals surface area contributed by atoms with Crippen LogP contribution in [0.4, 0.5) is 10.3 Å². The summed E-state index contributed by atoms with van der Waals surface area (Å²) in [6.07, 6.45) is 0.